The van der Waals surface area contributed by atoms with E-state index >= 15 is 0 Å². The molecule has 0 aliphatic carbocycles. The standard InChI is InChI=1S/C16H18ClFN4O3S/c1-19-6-7-20-16(23)11-2-3-12(21-9-11)10-22-26(24,25)13-4-5-15(18)14(17)8-13/h2-5,8-9,19,22H,6-7,10H2,1H3,(H,20,23). The lowest BCUT2D eigenvalue weighted by molar-refractivity contribution is 0.0953. The van der Waals surface area contributed by atoms with Gasteiger partial charge in [-0.05, 0) is 37.4 Å². The summed E-state index contributed by atoms with van der Waals surface area (Å²) >= 11 is 5.61. The van der Waals surface area contributed by atoms with Crippen LogP contribution in [-0.2, 0) is 16.6 Å². The van der Waals surface area contributed by atoms with Gasteiger partial charge in [0.1, 0.15) is 5.82 Å². The first-order valence-corrected chi connectivity index (χ1v) is 9.52. The Bertz CT molecular complexity index is 876. The molecule has 140 valence electrons. The maximum Gasteiger partial charge on any atom is 0.252 e. The van der Waals surface area contributed by atoms with Crippen LogP contribution in [0.4, 0.5) is 4.39 Å². The minimum atomic E-state index is -3.87. The molecule has 0 aliphatic heterocycles. The lowest BCUT2D eigenvalue weighted by Gasteiger charge is -2.08. The first-order chi connectivity index (χ1) is 12.3. The lowest BCUT2D eigenvalue weighted by atomic mass is 10.2. The number of carbonyl (C=O) groups is 1. The fourth-order valence-corrected chi connectivity index (χ4v) is 3.23. The van der Waals surface area contributed by atoms with E-state index in [1.807, 2.05) is 0 Å². The molecule has 1 aromatic carbocycles. The minimum absolute atomic E-state index is 0.0843. The van der Waals surface area contributed by atoms with Gasteiger partial charge in [-0.3, -0.25) is 9.78 Å². The third kappa shape index (κ3) is 5.46. The van der Waals surface area contributed by atoms with Crippen LogP contribution >= 0.6 is 11.6 Å². The van der Waals surface area contributed by atoms with Crippen LogP contribution in [0.15, 0.2) is 41.4 Å². The number of amides is 1. The second kappa shape index (κ2) is 9.04. The summed E-state index contributed by atoms with van der Waals surface area (Å²) in [6, 6.07) is 6.24. The molecule has 0 aliphatic rings. The molecule has 0 fully saturated rings. The van der Waals surface area contributed by atoms with E-state index in [1.165, 1.54) is 6.20 Å². The van der Waals surface area contributed by atoms with Crippen molar-refractivity contribution >= 4 is 27.5 Å². The Kier molecular flexibility index (Phi) is 7.04. The molecule has 2 rings (SSSR count). The van der Waals surface area contributed by atoms with E-state index in [0.717, 1.165) is 18.2 Å². The fraction of sp³-hybridized carbons (Fsp3) is 0.250. The molecule has 0 spiro atoms. The van der Waals surface area contributed by atoms with Gasteiger partial charge in [-0.1, -0.05) is 11.6 Å². The van der Waals surface area contributed by atoms with Crippen LogP contribution in [-0.4, -0.2) is 39.4 Å². The van der Waals surface area contributed by atoms with Crippen molar-refractivity contribution in [3.05, 3.63) is 58.6 Å². The minimum Gasteiger partial charge on any atom is -0.351 e. The number of rotatable bonds is 8. The van der Waals surface area contributed by atoms with Crippen molar-refractivity contribution in [1.29, 1.82) is 0 Å². The molecule has 0 saturated carbocycles. The number of hydrogen-bond acceptors (Lipinski definition) is 5. The molecule has 0 atom stereocenters. The van der Waals surface area contributed by atoms with Gasteiger partial charge in [-0.2, -0.15) is 0 Å². The van der Waals surface area contributed by atoms with Crippen LogP contribution in [0.2, 0.25) is 5.02 Å². The Hall–Kier alpha value is -2.07. The van der Waals surface area contributed by atoms with Gasteiger partial charge in [0.15, 0.2) is 0 Å². The molecule has 0 unspecified atom stereocenters. The van der Waals surface area contributed by atoms with Crippen molar-refractivity contribution in [2.24, 2.45) is 0 Å². The second-order valence-electron chi connectivity index (χ2n) is 5.30. The van der Waals surface area contributed by atoms with Gasteiger partial charge in [0, 0.05) is 19.3 Å². The summed E-state index contributed by atoms with van der Waals surface area (Å²) in [6.07, 6.45) is 1.37. The van der Waals surface area contributed by atoms with Crippen LogP contribution in [0, 0.1) is 5.82 Å². The van der Waals surface area contributed by atoms with Crippen molar-refractivity contribution in [3.8, 4) is 0 Å². The average Bonchev–Trinajstić information content (AvgIpc) is 2.63. The number of benzene rings is 1. The third-order valence-corrected chi connectivity index (χ3v) is 5.08. The number of carbonyl (C=O) groups excluding carboxylic acids is 1. The molecule has 1 amide bonds. The highest BCUT2D eigenvalue weighted by atomic mass is 35.5. The van der Waals surface area contributed by atoms with E-state index in [9.17, 15) is 17.6 Å². The van der Waals surface area contributed by atoms with Crippen molar-refractivity contribution in [3.63, 3.8) is 0 Å². The predicted molar refractivity (Wildman–Crippen MR) is 95.9 cm³/mol. The van der Waals surface area contributed by atoms with E-state index in [4.69, 9.17) is 11.6 Å². The van der Waals surface area contributed by atoms with E-state index in [0.29, 0.717) is 24.3 Å². The zero-order chi connectivity index (χ0) is 19.2. The van der Waals surface area contributed by atoms with E-state index in [2.05, 4.69) is 20.3 Å². The summed E-state index contributed by atoms with van der Waals surface area (Å²) in [5, 5.41) is 5.34. The molecule has 26 heavy (non-hydrogen) atoms. The van der Waals surface area contributed by atoms with Gasteiger partial charge in [0.25, 0.3) is 5.91 Å². The summed E-state index contributed by atoms with van der Waals surface area (Å²) in [4.78, 5) is 15.8. The molecular formula is C16H18ClFN4O3S. The molecule has 10 heteroatoms. The van der Waals surface area contributed by atoms with Gasteiger partial charge >= 0.3 is 0 Å². The highest BCUT2D eigenvalue weighted by Crippen LogP contribution is 2.19. The molecule has 0 bridgehead atoms. The van der Waals surface area contributed by atoms with E-state index in [-0.39, 0.29) is 22.4 Å². The van der Waals surface area contributed by atoms with E-state index < -0.39 is 15.8 Å². The Morgan fingerprint density at radius 2 is 2.00 bits per heavy atom. The molecule has 1 heterocycles. The Morgan fingerprint density at radius 3 is 2.62 bits per heavy atom. The Balaban J connectivity index is 1.98. The number of nitrogens with one attached hydrogen (secondary N) is 3. The zero-order valence-electron chi connectivity index (χ0n) is 13.9. The number of hydrogen-bond donors (Lipinski definition) is 3. The van der Waals surface area contributed by atoms with Gasteiger partial charge in [-0.25, -0.2) is 17.5 Å². The molecule has 0 saturated heterocycles. The second-order valence-corrected chi connectivity index (χ2v) is 7.47. The average molecular weight is 401 g/mol. The van der Waals surface area contributed by atoms with Crippen molar-refractivity contribution in [2.45, 2.75) is 11.4 Å². The van der Waals surface area contributed by atoms with Gasteiger partial charge < -0.3 is 10.6 Å². The Morgan fingerprint density at radius 1 is 1.23 bits per heavy atom. The van der Waals surface area contributed by atoms with Crippen LogP contribution in [0.1, 0.15) is 16.1 Å². The summed E-state index contributed by atoms with van der Waals surface area (Å²) < 4.78 is 39.9. The topological polar surface area (TPSA) is 100 Å². The normalized spacial score (nSPS) is 11.3. The van der Waals surface area contributed by atoms with Crippen molar-refractivity contribution < 1.29 is 17.6 Å². The van der Waals surface area contributed by atoms with E-state index in [1.54, 1.807) is 19.2 Å². The van der Waals surface area contributed by atoms with Crippen LogP contribution < -0.4 is 15.4 Å². The lowest BCUT2D eigenvalue weighted by Crippen LogP contribution is -2.30. The number of aromatic nitrogens is 1. The van der Waals surface area contributed by atoms with Gasteiger partial charge in [-0.15, -0.1) is 0 Å². The van der Waals surface area contributed by atoms with Crippen LogP contribution in [0.5, 0.6) is 0 Å². The van der Waals surface area contributed by atoms with Crippen molar-refractivity contribution in [2.75, 3.05) is 20.1 Å². The highest BCUT2D eigenvalue weighted by molar-refractivity contribution is 7.89. The molecule has 1 aromatic heterocycles. The number of sulfonamides is 1. The first-order valence-electron chi connectivity index (χ1n) is 7.66. The molecule has 0 radical (unpaired) electrons. The van der Waals surface area contributed by atoms with Crippen LogP contribution in [0.3, 0.4) is 0 Å². The highest BCUT2D eigenvalue weighted by Gasteiger charge is 2.16. The quantitative estimate of drug-likeness (QED) is 0.580. The third-order valence-electron chi connectivity index (χ3n) is 3.39. The monoisotopic (exact) mass is 400 g/mol. The maximum atomic E-state index is 13.1. The Labute approximate surface area is 156 Å². The smallest absolute Gasteiger partial charge is 0.252 e. The van der Waals surface area contributed by atoms with Crippen LogP contribution in [0.25, 0.3) is 0 Å². The van der Waals surface area contributed by atoms with Crippen molar-refractivity contribution in [1.82, 2.24) is 20.3 Å². The van der Waals surface area contributed by atoms with Gasteiger partial charge in [0.05, 0.1) is 27.7 Å². The summed E-state index contributed by atoms with van der Waals surface area (Å²) in [6.45, 7) is 1.04. The maximum absolute atomic E-state index is 13.1. The predicted octanol–water partition coefficient (Wildman–Crippen LogP) is 1.30. The number of pyridine rings is 1. The molecule has 7 nitrogen and oxygen atoms in total. The summed E-state index contributed by atoms with van der Waals surface area (Å²) in [7, 11) is -2.09. The first kappa shape index (κ1) is 20.2. The summed E-state index contributed by atoms with van der Waals surface area (Å²) in [5.74, 6) is -0.961. The number of halogens is 2. The largest absolute Gasteiger partial charge is 0.351 e. The fourth-order valence-electron chi connectivity index (χ4n) is 1.96. The summed E-state index contributed by atoms with van der Waals surface area (Å²) in [5.41, 5.74) is 0.798. The molecule has 3 N–H and O–H groups in total. The number of likely N-dealkylation sites (N-methyl/N-ethyl adjacent to an activating group) is 1. The molecule has 2 aromatic rings. The number of nitrogens with zero attached hydrogens (tertiary/aromatic N) is 1. The zero-order valence-corrected chi connectivity index (χ0v) is 15.5. The molecular weight excluding hydrogens is 383 g/mol. The SMILES string of the molecule is CNCCNC(=O)c1ccc(CNS(=O)(=O)c2ccc(F)c(Cl)c2)nc1. The van der Waals surface area contributed by atoms with Gasteiger partial charge in [0.2, 0.25) is 10.0 Å².